The highest BCUT2D eigenvalue weighted by molar-refractivity contribution is 5.42. The van der Waals surface area contributed by atoms with Crippen LogP contribution >= 0.6 is 0 Å². The summed E-state index contributed by atoms with van der Waals surface area (Å²) in [5, 5.41) is 3.27. The number of nitrogen functional groups attached to an aromatic ring is 1. The Morgan fingerprint density at radius 2 is 2.31 bits per heavy atom. The molecule has 0 radical (unpaired) electrons. The van der Waals surface area contributed by atoms with Gasteiger partial charge in [0.1, 0.15) is 5.82 Å². The van der Waals surface area contributed by atoms with Crippen molar-refractivity contribution in [2.75, 3.05) is 26.5 Å². The van der Waals surface area contributed by atoms with Gasteiger partial charge in [0.15, 0.2) is 0 Å². The molecule has 4 heteroatoms. The number of hydrogen-bond donors (Lipinski definition) is 2. The number of nitrogens with two attached hydrogens (primary N) is 1. The molecule has 0 bridgehead atoms. The molecule has 0 aliphatic carbocycles. The normalized spacial score (nSPS) is 12.7. The summed E-state index contributed by atoms with van der Waals surface area (Å²) in [6.45, 7) is 2.80. The van der Waals surface area contributed by atoms with Gasteiger partial charge in [0.25, 0.3) is 0 Å². The van der Waals surface area contributed by atoms with Crippen molar-refractivity contribution in [2.24, 2.45) is 0 Å². The van der Waals surface area contributed by atoms with Gasteiger partial charge in [-0.25, -0.2) is 4.98 Å². The Balaban J connectivity index is 2.73. The number of anilines is 1. The molecule has 1 unspecified atom stereocenters. The second-order valence-electron chi connectivity index (χ2n) is 3.96. The summed E-state index contributed by atoms with van der Waals surface area (Å²) in [6.07, 6.45) is 3.80. The van der Waals surface area contributed by atoms with E-state index >= 15 is 0 Å². The molecule has 1 heterocycles. The number of nitrogens with zero attached hydrogens (tertiary/aromatic N) is 1. The zero-order valence-electron chi connectivity index (χ0n) is 10.3. The van der Waals surface area contributed by atoms with E-state index in [2.05, 4.69) is 16.4 Å². The van der Waals surface area contributed by atoms with E-state index in [1.807, 2.05) is 14.0 Å². The summed E-state index contributed by atoms with van der Waals surface area (Å²) in [5.74, 6) is 0.613. The van der Waals surface area contributed by atoms with Gasteiger partial charge in [-0.1, -0.05) is 0 Å². The second kappa shape index (κ2) is 6.45. The van der Waals surface area contributed by atoms with E-state index in [-0.39, 0.29) is 6.04 Å². The van der Waals surface area contributed by atoms with Crippen molar-refractivity contribution in [3.63, 3.8) is 0 Å². The molecule has 0 spiro atoms. The Hall–Kier alpha value is -1.13. The number of rotatable bonds is 6. The molecule has 90 valence electrons. The van der Waals surface area contributed by atoms with Crippen molar-refractivity contribution in [1.29, 1.82) is 0 Å². The number of nitrogens with one attached hydrogen (secondary N) is 1. The van der Waals surface area contributed by atoms with Crippen LogP contribution in [0.4, 0.5) is 5.82 Å². The largest absolute Gasteiger partial charge is 0.385 e. The average molecular weight is 223 g/mol. The molecule has 0 saturated carbocycles. The molecular formula is C12H21N3O. The van der Waals surface area contributed by atoms with Crippen LogP contribution in [0.3, 0.4) is 0 Å². The fourth-order valence-corrected chi connectivity index (χ4v) is 1.77. The van der Waals surface area contributed by atoms with E-state index in [0.717, 1.165) is 30.6 Å². The maximum atomic E-state index is 5.89. The quantitative estimate of drug-likeness (QED) is 0.720. The zero-order chi connectivity index (χ0) is 12.0. The number of aryl methyl sites for hydroxylation is 1. The predicted octanol–water partition coefficient (Wildman–Crippen LogP) is 1.66. The van der Waals surface area contributed by atoms with Crippen molar-refractivity contribution < 1.29 is 4.74 Å². The first kappa shape index (κ1) is 12.9. The SMILES string of the molecule is CNC(CCCOC)c1cc(C)cnc1N. The summed E-state index contributed by atoms with van der Waals surface area (Å²) in [7, 11) is 3.66. The van der Waals surface area contributed by atoms with Gasteiger partial charge in [0.05, 0.1) is 0 Å². The highest BCUT2D eigenvalue weighted by Crippen LogP contribution is 2.23. The number of pyridine rings is 1. The molecule has 0 amide bonds. The molecule has 4 nitrogen and oxygen atoms in total. The summed E-state index contributed by atoms with van der Waals surface area (Å²) in [6, 6.07) is 2.35. The Morgan fingerprint density at radius 3 is 2.94 bits per heavy atom. The smallest absolute Gasteiger partial charge is 0.128 e. The van der Waals surface area contributed by atoms with Gasteiger partial charge in [-0.2, -0.15) is 0 Å². The lowest BCUT2D eigenvalue weighted by atomic mass is 10.0. The van der Waals surface area contributed by atoms with Gasteiger partial charge in [-0.15, -0.1) is 0 Å². The molecule has 0 aromatic carbocycles. The van der Waals surface area contributed by atoms with Crippen LogP contribution in [0.2, 0.25) is 0 Å². The van der Waals surface area contributed by atoms with Crippen LogP contribution in [0.1, 0.15) is 30.0 Å². The number of aromatic nitrogens is 1. The summed E-state index contributed by atoms with van der Waals surface area (Å²) < 4.78 is 5.05. The molecule has 1 rings (SSSR count). The van der Waals surface area contributed by atoms with Crippen molar-refractivity contribution in [3.8, 4) is 0 Å². The van der Waals surface area contributed by atoms with Crippen LogP contribution in [-0.4, -0.2) is 25.7 Å². The maximum Gasteiger partial charge on any atom is 0.128 e. The van der Waals surface area contributed by atoms with Gasteiger partial charge in [0.2, 0.25) is 0 Å². The van der Waals surface area contributed by atoms with Crippen LogP contribution in [-0.2, 0) is 4.74 Å². The molecule has 0 saturated heterocycles. The van der Waals surface area contributed by atoms with Crippen molar-refractivity contribution >= 4 is 5.82 Å². The molecule has 1 atom stereocenters. The molecule has 1 aromatic heterocycles. The van der Waals surface area contributed by atoms with E-state index in [4.69, 9.17) is 10.5 Å². The third kappa shape index (κ3) is 3.47. The molecule has 3 N–H and O–H groups in total. The molecule has 0 fully saturated rings. The highest BCUT2D eigenvalue weighted by Gasteiger charge is 2.12. The summed E-state index contributed by atoms with van der Waals surface area (Å²) in [5.41, 5.74) is 8.11. The van der Waals surface area contributed by atoms with Crippen molar-refractivity contribution in [3.05, 3.63) is 23.4 Å². The topological polar surface area (TPSA) is 60.2 Å². The van der Waals surface area contributed by atoms with Gasteiger partial charge in [0, 0.05) is 31.5 Å². The van der Waals surface area contributed by atoms with Gasteiger partial charge >= 0.3 is 0 Å². The Labute approximate surface area is 97.2 Å². The molecule has 1 aromatic rings. The molecule has 0 aliphatic heterocycles. The predicted molar refractivity (Wildman–Crippen MR) is 66.3 cm³/mol. The van der Waals surface area contributed by atoms with Crippen molar-refractivity contribution in [2.45, 2.75) is 25.8 Å². The van der Waals surface area contributed by atoms with Crippen LogP contribution in [0.25, 0.3) is 0 Å². The minimum Gasteiger partial charge on any atom is -0.385 e. The molecular weight excluding hydrogens is 202 g/mol. The lowest BCUT2D eigenvalue weighted by molar-refractivity contribution is 0.189. The number of methoxy groups -OCH3 is 1. The van der Waals surface area contributed by atoms with Crippen molar-refractivity contribution in [1.82, 2.24) is 10.3 Å². The van der Waals surface area contributed by atoms with Gasteiger partial charge in [-0.05, 0) is 38.4 Å². The van der Waals surface area contributed by atoms with Gasteiger partial charge in [-0.3, -0.25) is 0 Å². The molecule has 0 aliphatic rings. The standard InChI is InChI=1S/C12H21N3O/c1-9-7-10(12(13)15-8-9)11(14-2)5-4-6-16-3/h7-8,11,14H,4-6H2,1-3H3,(H2,13,15). The van der Waals surface area contributed by atoms with E-state index in [1.165, 1.54) is 0 Å². The minimum atomic E-state index is 0.252. The monoisotopic (exact) mass is 223 g/mol. The van der Waals surface area contributed by atoms with E-state index in [1.54, 1.807) is 13.3 Å². The average Bonchev–Trinajstić information content (AvgIpc) is 2.28. The third-order valence-electron chi connectivity index (χ3n) is 2.65. The fourth-order valence-electron chi connectivity index (χ4n) is 1.77. The highest BCUT2D eigenvalue weighted by atomic mass is 16.5. The van der Waals surface area contributed by atoms with E-state index in [9.17, 15) is 0 Å². The first-order valence-electron chi connectivity index (χ1n) is 5.57. The Bertz CT molecular complexity index is 328. The zero-order valence-corrected chi connectivity index (χ0v) is 10.3. The molecule has 16 heavy (non-hydrogen) atoms. The van der Waals surface area contributed by atoms with E-state index < -0.39 is 0 Å². The Morgan fingerprint density at radius 1 is 1.56 bits per heavy atom. The van der Waals surface area contributed by atoms with E-state index in [0.29, 0.717) is 5.82 Å². The van der Waals surface area contributed by atoms with Crippen LogP contribution in [0.15, 0.2) is 12.3 Å². The first-order chi connectivity index (χ1) is 7.69. The summed E-state index contributed by atoms with van der Waals surface area (Å²) in [4.78, 5) is 4.18. The van der Waals surface area contributed by atoms with Crippen LogP contribution < -0.4 is 11.1 Å². The summed E-state index contributed by atoms with van der Waals surface area (Å²) >= 11 is 0. The fraction of sp³-hybridized carbons (Fsp3) is 0.583. The first-order valence-corrected chi connectivity index (χ1v) is 5.57. The second-order valence-corrected chi connectivity index (χ2v) is 3.96. The maximum absolute atomic E-state index is 5.89. The number of ether oxygens (including phenoxy) is 1. The van der Waals surface area contributed by atoms with Crippen LogP contribution in [0, 0.1) is 6.92 Å². The lowest BCUT2D eigenvalue weighted by Crippen LogP contribution is -2.19. The van der Waals surface area contributed by atoms with Crippen LogP contribution in [0.5, 0.6) is 0 Å². The number of hydrogen-bond acceptors (Lipinski definition) is 4. The minimum absolute atomic E-state index is 0.252. The lowest BCUT2D eigenvalue weighted by Gasteiger charge is -2.18. The third-order valence-corrected chi connectivity index (χ3v) is 2.65. The van der Waals surface area contributed by atoms with Gasteiger partial charge < -0.3 is 15.8 Å². The Kier molecular flexibility index (Phi) is 5.22.